The van der Waals surface area contributed by atoms with E-state index in [1.165, 1.54) is 5.56 Å². The van der Waals surface area contributed by atoms with Gasteiger partial charge >= 0.3 is 0 Å². The fraction of sp³-hybridized carbons (Fsp3) is 0.0714. The van der Waals surface area contributed by atoms with Crippen LogP contribution in [-0.2, 0) is 0 Å². The molecule has 2 nitrogen and oxygen atoms in total. The van der Waals surface area contributed by atoms with Crippen LogP contribution in [0.4, 0.5) is 0 Å². The Morgan fingerprint density at radius 3 is 2.47 bits per heavy atom. The Morgan fingerprint density at radius 1 is 0.941 bits per heavy atom. The normalized spacial score (nSPS) is 12.8. The summed E-state index contributed by atoms with van der Waals surface area (Å²) < 4.78 is 2.08. The van der Waals surface area contributed by atoms with Gasteiger partial charge in [-0.05, 0) is 17.7 Å². The molecule has 1 unspecified atom stereocenters. The van der Waals surface area contributed by atoms with E-state index in [9.17, 15) is 0 Å². The molecule has 0 aliphatic rings. The first-order valence-corrected chi connectivity index (χ1v) is 6.02. The second-order valence-electron chi connectivity index (χ2n) is 3.92. The maximum absolute atomic E-state index is 4.67. The maximum Gasteiger partial charge on any atom is 0.103 e. The molecule has 2 aromatic carbocycles. The molecule has 3 heteroatoms. The number of benzene rings is 2. The Balaban J connectivity index is 2.10. The zero-order valence-corrected chi connectivity index (χ0v) is 10.1. The topological polar surface area (TPSA) is 17.8 Å². The van der Waals surface area contributed by atoms with Crippen molar-refractivity contribution in [2.24, 2.45) is 0 Å². The van der Waals surface area contributed by atoms with Gasteiger partial charge in [-0.15, -0.1) is 12.6 Å². The number of aromatic nitrogens is 2. The van der Waals surface area contributed by atoms with Crippen molar-refractivity contribution in [1.82, 2.24) is 9.55 Å². The summed E-state index contributed by atoms with van der Waals surface area (Å²) in [5.74, 6) is 0. The summed E-state index contributed by atoms with van der Waals surface area (Å²) in [5.41, 5.74) is 3.28. The maximum atomic E-state index is 4.67. The Labute approximate surface area is 105 Å². The number of rotatable bonds is 2. The predicted molar refractivity (Wildman–Crippen MR) is 73.3 cm³/mol. The third-order valence-electron chi connectivity index (χ3n) is 2.84. The molecule has 0 saturated carbocycles. The summed E-state index contributed by atoms with van der Waals surface area (Å²) in [6.07, 6.45) is 1.84. The van der Waals surface area contributed by atoms with Crippen LogP contribution in [0.3, 0.4) is 0 Å². The van der Waals surface area contributed by atoms with Gasteiger partial charge in [0.05, 0.1) is 17.4 Å². The minimum atomic E-state index is 0.00333. The minimum absolute atomic E-state index is 0.00333. The van der Waals surface area contributed by atoms with E-state index in [4.69, 9.17) is 0 Å². The van der Waals surface area contributed by atoms with Crippen LogP contribution in [0.2, 0.25) is 0 Å². The van der Waals surface area contributed by atoms with Gasteiger partial charge in [-0.25, -0.2) is 4.98 Å². The van der Waals surface area contributed by atoms with Gasteiger partial charge < -0.3 is 4.57 Å². The van der Waals surface area contributed by atoms with Crippen molar-refractivity contribution in [3.05, 3.63) is 66.5 Å². The minimum Gasteiger partial charge on any atom is -0.314 e. The first kappa shape index (κ1) is 10.4. The summed E-state index contributed by atoms with van der Waals surface area (Å²) >= 11 is 4.67. The van der Waals surface area contributed by atoms with Crippen molar-refractivity contribution in [2.45, 2.75) is 5.37 Å². The molecule has 0 amide bonds. The average Bonchev–Trinajstić information content (AvgIpc) is 2.83. The van der Waals surface area contributed by atoms with Crippen LogP contribution in [0.1, 0.15) is 10.9 Å². The molecule has 0 aliphatic carbocycles. The number of nitrogens with zero attached hydrogens (tertiary/aromatic N) is 2. The summed E-state index contributed by atoms with van der Waals surface area (Å²) in [6, 6.07) is 18.3. The van der Waals surface area contributed by atoms with E-state index in [0.717, 1.165) is 11.0 Å². The van der Waals surface area contributed by atoms with Gasteiger partial charge in [0.25, 0.3) is 0 Å². The molecular formula is C14H12N2S. The molecular weight excluding hydrogens is 228 g/mol. The van der Waals surface area contributed by atoms with Crippen LogP contribution in [0.5, 0.6) is 0 Å². The van der Waals surface area contributed by atoms with Crippen molar-refractivity contribution in [3.8, 4) is 0 Å². The standard InChI is InChI=1S/C14H12N2S/c17-14(11-6-2-1-3-7-11)16-10-15-12-8-4-5-9-13(12)16/h1-10,14,17H. The number of thiol groups is 1. The van der Waals surface area contributed by atoms with Gasteiger partial charge in [-0.2, -0.15) is 0 Å². The zero-order chi connectivity index (χ0) is 11.7. The van der Waals surface area contributed by atoms with Crippen molar-refractivity contribution < 1.29 is 0 Å². The number of imidazole rings is 1. The second-order valence-corrected chi connectivity index (χ2v) is 4.41. The van der Waals surface area contributed by atoms with E-state index in [1.54, 1.807) is 0 Å². The fourth-order valence-electron chi connectivity index (χ4n) is 1.96. The summed E-state index contributed by atoms with van der Waals surface area (Å²) in [5, 5.41) is 0.00333. The Bertz CT molecular complexity index is 631. The van der Waals surface area contributed by atoms with Gasteiger partial charge in [-0.1, -0.05) is 42.5 Å². The summed E-state index contributed by atoms with van der Waals surface area (Å²) in [6.45, 7) is 0. The highest BCUT2D eigenvalue weighted by atomic mass is 32.1. The highest BCUT2D eigenvalue weighted by Gasteiger charge is 2.10. The zero-order valence-electron chi connectivity index (χ0n) is 9.19. The molecule has 0 fully saturated rings. The molecule has 1 heterocycles. The Kier molecular flexibility index (Phi) is 2.61. The number of fused-ring (bicyclic) bond motifs is 1. The fourth-order valence-corrected chi connectivity index (χ4v) is 2.32. The highest BCUT2D eigenvalue weighted by Crippen LogP contribution is 2.26. The molecule has 0 bridgehead atoms. The van der Waals surface area contributed by atoms with E-state index < -0.39 is 0 Å². The molecule has 0 aliphatic heterocycles. The van der Waals surface area contributed by atoms with Crippen LogP contribution in [-0.4, -0.2) is 9.55 Å². The third kappa shape index (κ3) is 1.83. The smallest absolute Gasteiger partial charge is 0.103 e. The summed E-state index contributed by atoms with van der Waals surface area (Å²) in [7, 11) is 0. The van der Waals surface area contributed by atoms with Gasteiger partial charge in [0.1, 0.15) is 5.37 Å². The van der Waals surface area contributed by atoms with Crippen LogP contribution in [0.25, 0.3) is 11.0 Å². The molecule has 17 heavy (non-hydrogen) atoms. The van der Waals surface area contributed by atoms with E-state index >= 15 is 0 Å². The molecule has 0 N–H and O–H groups in total. The van der Waals surface area contributed by atoms with E-state index in [-0.39, 0.29) is 5.37 Å². The molecule has 3 aromatic rings. The van der Waals surface area contributed by atoms with Gasteiger partial charge in [0, 0.05) is 0 Å². The van der Waals surface area contributed by atoms with Crippen molar-refractivity contribution >= 4 is 23.7 Å². The van der Waals surface area contributed by atoms with E-state index in [1.807, 2.05) is 42.7 Å². The average molecular weight is 240 g/mol. The van der Waals surface area contributed by atoms with Crippen LogP contribution >= 0.6 is 12.6 Å². The first-order chi connectivity index (χ1) is 8.36. The Hall–Kier alpha value is -1.74. The lowest BCUT2D eigenvalue weighted by Gasteiger charge is -2.13. The first-order valence-electron chi connectivity index (χ1n) is 5.51. The molecule has 1 aromatic heterocycles. The van der Waals surface area contributed by atoms with Crippen molar-refractivity contribution in [2.75, 3.05) is 0 Å². The van der Waals surface area contributed by atoms with Crippen LogP contribution < -0.4 is 0 Å². The third-order valence-corrected chi connectivity index (χ3v) is 3.39. The van der Waals surface area contributed by atoms with Crippen LogP contribution in [0.15, 0.2) is 60.9 Å². The molecule has 3 rings (SSSR count). The molecule has 84 valence electrons. The monoisotopic (exact) mass is 240 g/mol. The SMILES string of the molecule is SC(c1ccccc1)n1cnc2ccccc21. The van der Waals surface area contributed by atoms with E-state index in [0.29, 0.717) is 0 Å². The number of hydrogen-bond donors (Lipinski definition) is 1. The summed E-state index contributed by atoms with van der Waals surface area (Å²) in [4.78, 5) is 4.38. The molecule has 0 radical (unpaired) electrons. The molecule has 0 spiro atoms. The number of hydrogen-bond acceptors (Lipinski definition) is 2. The van der Waals surface area contributed by atoms with Gasteiger partial charge in [0.15, 0.2) is 0 Å². The van der Waals surface area contributed by atoms with E-state index in [2.05, 4.69) is 40.4 Å². The lowest BCUT2D eigenvalue weighted by atomic mass is 10.2. The van der Waals surface area contributed by atoms with Crippen LogP contribution in [0, 0.1) is 0 Å². The van der Waals surface area contributed by atoms with Gasteiger partial charge in [0.2, 0.25) is 0 Å². The predicted octanol–water partition coefficient (Wildman–Crippen LogP) is 3.51. The van der Waals surface area contributed by atoms with Crippen molar-refractivity contribution in [1.29, 1.82) is 0 Å². The lowest BCUT2D eigenvalue weighted by molar-refractivity contribution is 0.807. The highest BCUT2D eigenvalue weighted by molar-refractivity contribution is 7.80. The van der Waals surface area contributed by atoms with Gasteiger partial charge in [-0.3, -0.25) is 0 Å². The molecule has 0 saturated heterocycles. The lowest BCUT2D eigenvalue weighted by Crippen LogP contribution is -2.02. The number of para-hydroxylation sites is 2. The quantitative estimate of drug-likeness (QED) is 0.679. The Morgan fingerprint density at radius 2 is 1.65 bits per heavy atom. The molecule has 1 atom stereocenters. The van der Waals surface area contributed by atoms with Crippen molar-refractivity contribution in [3.63, 3.8) is 0 Å². The second kappa shape index (κ2) is 4.26. The largest absolute Gasteiger partial charge is 0.314 e.